The fraction of sp³-hybridized carbons (Fsp3) is 0.231. The number of hydrogen-bond donors (Lipinski definition) is 1. The Morgan fingerprint density at radius 3 is 3.12 bits per heavy atom. The van der Waals surface area contributed by atoms with Crippen LogP contribution in [0.2, 0.25) is 0 Å². The van der Waals surface area contributed by atoms with Gasteiger partial charge in [-0.1, -0.05) is 23.9 Å². The van der Waals surface area contributed by atoms with Crippen LogP contribution in [0.1, 0.15) is 6.42 Å². The zero-order valence-corrected chi connectivity index (χ0v) is 10.2. The van der Waals surface area contributed by atoms with Crippen molar-refractivity contribution in [3.63, 3.8) is 0 Å². The van der Waals surface area contributed by atoms with Gasteiger partial charge >= 0.3 is 0 Å². The number of benzene rings is 1. The van der Waals surface area contributed by atoms with Gasteiger partial charge in [0.2, 0.25) is 0 Å². The maximum Gasteiger partial charge on any atom is 0.161 e. The van der Waals surface area contributed by atoms with Crippen molar-refractivity contribution in [1.29, 1.82) is 0 Å². The van der Waals surface area contributed by atoms with Crippen LogP contribution in [0.5, 0.6) is 0 Å². The molecule has 1 aliphatic heterocycles. The summed E-state index contributed by atoms with van der Waals surface area (Å²) in [6, 6.07) is 8.24. The summed E-state index contributed by atoms with van der Waals surface area (Å²) in [5.74, 6) is 1.15. The molecule has 0 spiro atoms. The van der Waals surface area contributed by atoms with Crippen molar-refractivity contribution in [3.8, 4) is 0 Å². The molecule has 1 aliphatic rings. The van der Waals surface area contributed by atoms with Crippen LogP contribution in [-0.4, -0.2) is 22.4 Å². The molecule has 0 amide bonds. The molecule has 2 aromatic rings. The molecule has 1 aromatic carbocycles. The number of nitrogens with one attached hydrogen (secondary N) is 1. The van der Waals surface area contributed by atoms with Crippen LogP contribution in [0, 0.1) is 0 Å². The molecule has 1 N–H and O–H groups in total. The van der Waals surface area contributed by atoms with Crippen LogP contribution in [0.25, 0.3) is 10.8 Å². The second-order valence-electron chi connectivity index (χ2n) is 3.92. The van der Waals surface area contributed by atoms with E-state index in [0.29, 0.717) is 0 Å². The Morgan fingerprint density at radius 1 is 1.24 bits per heavy atom. The van der Waals surface area contributed by atoms with Crippen molar-refractivity contribution in [2.75, 3.05) is 17.6 Å². The van der Waals surface area contributed by atoms with E-state index in [9.17, 15) is 0 Å². The summed E-state index contributed by atoms with van der Waals surface area (Å²) in [5, 5.41) is 6.76. The number of fused-ring (bicyclic) bond motifs is 1. The summed E-state index contributed by atoms with van der Waals surface area (Å²) in [4.78, 5) is 8.66. The smallest absolute Gasteiger partial charge is 0.161 e. The van der Waals surface area contributed by atoms with Gasteiger partial charge in [0, 0.05) is 35.8 Å². The molecule has 0 atom stereocenters. The van der Waals surface area contributed by atoms with E-state index in [-0.39, 0.29) is 0 Å². The molecule has 0 bridgehead atoms. The Balaban J connectivity index is 1.97. The van der Waals surface area contributed by atoms with E-state index >= 15 is 0 Å². The number of amidine groups is 1. The van der Waals surface area contributed by atoms with Gasteiger partial charge in [0.15, 0.2) is 5.17 Å². The molecule has 0 aliphatic carbocycles. The van der Waals surface area contributed by atoms with Gasteiger partial charge in [0.05, 0.1) is 0 Å². The molecular weight excluding hydrogens is 230 g/mol. The van der Waals surface area contributed by atoms with Crippen LogP contribution in [0.15, 0.2) is 41.7 Å². The van der Waals surface area contributed by atoms with Crippen LogP contribution < -0.4 is 5.32 Å². The Morgan fingerprint density at radius 2 is 2.24 bits per heavy atom. The lowest BCUT2D eigenvalue weighted by Crippen LogP contribution is -2.13. The second kappa shape index (κ2) is 4.75. The van der Waals surface area contributed by atoms with Crippen molar-refractivity contribution >= 4 is 33.4 Å². The third-order valence-electron chi connectivity index (χ3n) is 2.72. The highest BCUT2D eigenvalue weighted by atomic mass is 32.2. The van der Waals surface area contributed by atoms with E-state index in [1.165, 1.54) is 11.8 Å². The molecule has 17 heavy (non-hydrogen) atoms. The molecule has 0 fully saturated rings. The summed E-state index contributed by atoms with van der Waals surface area (Å²) in [6.45, 7) is 0.929. The molecule has 0 saturated carbocycles. The first-order valence-electron chi connectivity index (χ1n) is 5.70. The van der Waals surface area contributed by atoms with E-state index in [1.807, 2.05) is 18.5 Å². The number of aromatic nitrogens is 1. The zero-order chi connectivity index (χ0) is 11.5. The van der Waals surface area contributed by atoms with Gasteiger partial charge in [-0.3, -0.25) is 9.98 Å². The molecular formula is C13H13N3S. The van der Waals surface area contributed by atoms with Crippen LogP contribution >= 0.6 is 11.8 Å². The predicted molar refractivity (Wildman–Crippen MR) is 74.7 cm³/mol. The Hall–Kier alpha value is -1.55. The van der Waals surface area contributed by atoms with Gasteiger partial charge in [-0.25, -0.2) is 0 Å². The van der Waals surface area contributed by atoms with E-state index in [1.54, 1.807) is 11.8 Å². The van der Waals surface area contributed by atoms with Crippen molar-refractivity contribution in [2.45, 2.75) is 6.42 Å². The molecule has 86 valence electrons. The third-order valence-corrected chi connectivity index (χ3v) is 3.72. The van der Waals surface area contributed by atoms with E-state index in [2.05, 4.69) is 33.5 Å². The quantitative estimate of drug-likeness (QED) is 0.836. The van der Waals surface area contributed by atoms with Gasteiger partial charge in [-0.15, -0.1) is 0 Å². The lowest BCUT2D eigenvalue weighted by Gasteiger charge is -2.14. The van der Waals surface area contributed by atoms with Gasteiger partial charge in [-0.05, 0) is 23.9 Å². The average Bonchev–Trinajstić information content (AvgIpc) is 2.40. The number of rotatable bonds is 1. The highest BCUT2D eigenvalue weighted by Crippen LogP contribution is 2.24. The molecule has 3 nitrogen and oxygen atoms in total. The molecule has 3 rings (SSSR count). The summed E-state index contributed by atoms with van der Waals surface area (Å²) >= 11 is 1.79. The summed E-state index contributed by atoms with van der Waals surface area (Å²) in [5.41, 5.74) is 1.09. The highest BCUT2D eigenvalue weighted by Gasteiger charge is 2.07. The Kier molecular flexibility index (Phi) is 2.96. The molecule has 0 unspecified atom stereocenters. The Labute approximate surface area is 104 Å². The zero-order valence-electron chi connectivity index (χ0n) is 9.39. The largest absolute Gasteiger partial charge is 0.334 e. The number of nitrogens with zero attached hydrogens (tertiary/aromatic N) is 2. The monoisotopic (exact) mass is 243 g/mol. The number of hydrogen-bond acceptors (Lipinski definition) is 4. The third kappa shape index (κ3) is 2.26. The van der Waals surface area contributed by atoms with Crippen LogP contribution in [0.3, 0.4) is 0 Å². The maximum absolute atomic E-state index is 4.48. The molecule has 0 saturated heterocycles. The lowest BCUT2D eigenvalue weighted by atomic mass is 10.1. The van der Waals surface area contributed by atoms with Crippen molar-refractivity contribution in [2.24, 2.45) is 4.99 Å². The first-order valence-corrected chi connectivity index (χ1v) is 6.69. The molecule has 1 aromatic heterocycles. The average molecular weight is 243 g/mol. The van der Waals surface area contributed by atoms with E-state index < -0.39 is 0 Å². The Bertz CT molecular complexity index is 560. The first-order chi connectivity index (χ1) is 8.43. The number of thioether (sulfide) groups is 1. The molecule has 4 heteroatoms. The minimum Gasteiger partial charge on any atom is -0.334 e. The topological polar surface area (TPSA) is 37.3 Å². The van der Waals surface area contributed by atoms with Gasteiger partial charge in [0.1, 0.15) is 0 Å². The summed E-state index contributed by atoms with van der Waals surface area (Å²) in [6.07, 6.45) is 4.89. The van der Waals surface area contributed by atoms with E-state index in [0.717, 1.165) is 28.5 Å². The number of pyridine rings is 1. The lowest BCUT2D eigenvalue weighted by molar-refractivity contribution is 0.938. The first kappa shape index (κ1) is 10.6. The SMILES string of the molecule is c1cc(NC2=NCCCS2)c2cnccc2c1. The predicted octanol–water partition coefficient (Wildman–Crippen LogP) is 3.14. The van der Waals surface area contributed by atoms with Crippen LogP contribution in [0.4, 0.5) is 5.69 Å². The second-order valence-corrected chi connectivity index (χ2v) is 5.00. The summed E-state index contributed by atoms with van der Waals surface area (Å²) < 4.78 is 0. The highest BCUT2D eigenvalue weighted by molar-refractivity contribution is 8.14. The number of anilines is 1. The number of aliphatic imine (C=N–C) groups is 1. The summed E-state index contributed by atoms with van der Waals surface area (Å²) in [7, 11) is 0. The fourth-order valence-electron chi connectivity index (χ4n) is 1.87. The van der Waals surface area contributed by atoms with Crippen molar-refractivity contribution in [3.05, 3.63) is 36.7 Å². The standard InChI is InChI=1S/C13H13N3S/c1-3-10-5-7-14-9-11(10)12(4-1)16-13-15-6-2-8-17-13/h1,3-5,7,9H,2,6,8H2,(H,15,16). The minimum atomic E-state index is 0.929. The van der Waals surface area contributed by atoms with E-state index in [4.69, 9.17) is 0 Å². The normalized spacial score (nSPS) is 15.6. The van der Waals surface area contributed by atoms with Crippen LogP contribution in [-0.2, 0) is 0 Å². The van der Waals surface area contributed by atoms with Gasteiger partial charge in [0.25, 0.3) is 0 Å². The minimum absolute atomic E-state index is 0.929. The molecule has 2 heterocycles. The maximum atomic E-state index is 4.48. The van der Waals surface area contributed by atoms with Crippen molar-refractivity contribution < 1.29 is 0 Å². The molecule has 0 radical (unpaired) electrons. The fourth-order valence-corrected chi connectivity index (χ4v) is 2.70. The van der Waals surface area contributed by atoms with Gasteiger partial charge < -0.3 is 5.32 Å². The van der Waals surface area contributed by atoms with Crippen molar-refractivity contribution in [1.82, 2.24) is 4.98 Å². The van der Waals surface area contributed by atoms with Gasteiger partial charge in [-0.2, -0.15) is 0 Å².